The maximum atomic E-state index is 13.4. The number of aryl methyl sites for hydroxylation is 3. The SMILES string of the molecule is CCc1ccc(N2C(=O)C(Nc3cc(C)cc(C)c3)=C(Sc3ccccc3)C2=O)cc1. The lowest BCUT2D eigenvalue weighted by Crippen LogP contribution is -2.32. The Morgan fingerprint density at radius 2 is 1.48 bits per heavy atom. The zero-order valence-corrected chi connectivity index (χ0v) is 18.6. The number of imide groups is 1. The molecule has 1 N–H and O–H groups in total. The van der Waals surface area contributed by atoms with E-state index in [-0.39, 0.29) is 11.8 Å². The molecule has 3 aromatic carbocycles. The second-order valence-corrected chi connectivity index (χ2v) is 8.67. The van der Waals surface area contributed by atoms with E-state index in [4.69, 9.17) is 0 Å². The fourth-order valence-corrected chi connectivity index (χ4v) is 4.58. The van der Waals surface area contributed by atoms with Crippen molar-refractivity contribution in [3.63, 3.8) is 0 Å². The topological polar surface area (TPSA) is 49.4 Å². The second-order valence-electron chi connectivity index (χ2n) is 7.59. The first-order valence-corrected chi connectivity index (χ1v) is 11.1. The molecule has 3 aromatic rings. The average Bonchev–Trinajstić information content (AvgIpc) is 2.98. The van der Waals surface area contributed by atoms with Crippen LogP contribution in [0.4, 0.5) is 11.4 Å². The summed E-state index contributed by atoms with van der Waals surface area (Å²) in [6.07, 6.45) is 0.898. The minimum Gasteiger partial charge on any atom is -0.350 e. The van der Waals surface area contributed by atoms with Crippen molar-refractivity contribution in [1.82, 2.24) is 0 Å². The third-order valence-corrected chi connectivity index (χ3v) is 6.19. The first kappa shape index (κ1) is 20.9. The van der Waals surface area contributed by atoms with Crippen LogP contribution in [0, 0.1) is 13.8 Å². The van der Waals surface area contributed by atoms with Gasteiger partial charge in [-0.15, -0.1) is 0 Å². The van der Waals surface area contributed by atoms with Crippen LogP contribution in [-0.4, -0.2) is 11.8 Å². The van der Waals surface area contributed by atoms with Crippen LogP contribution in [0.15, 0.2) is 88.3 Å². The van der Waals surface area contributed by atoms with Crippen LogP contribution in [0.5, 0.6) is 0 Å². The monoisotopic (exact) mass is 428 g/mol. The predicted octanol–water partition coefficient (Wildman–Crippen LogP) is 5.86. The molecule has 1 heterocycles. The molecule has 0 atom stereocenters. The molecule has 0 bridgehead atoms. The van der Waals surface area contributed by atoms with Crippen molar-refractivity contribution in [1.29, 1.82) is 0 Å². The van der Waals surface area contributed by atoms with Gasteiger partial charge in [0.2, 0.25) is 0 Å². The smallest absolute Gasteiger partial charge is 0.283 e. The van der Waals surface area contributed by atoms with E-state index >= 15 is 0 Å². The third-order valence-electron chi connectivity index (χ3n) is 5.10. The summed E-state index contributed by atoms with van der Waals surface area (Å²) < 4.78 is 0. The highest BCUT2D eigenvalue weighted by Gasteiger charge is 2.40. The minimum absolute atomic E-state index is 0.309. The van der Waals surface area contributed by atoms with Crippen molar-refractivity contribution < 1.29 is 9.59 Å². The van der Waals surface area contributed by atoms with Gasteiger partial charge < -0.3 is 5.32 Å². The molecule has 1 aliphatic heterocycles. The van der Waals surface area contributed by atoms with Gasteiger partial charge in [-0.05, 0) is 73.4 Å². The van der Waals surface area contributed by atoms with Gasteiger partial charge in [0.1, 0.15) is 10.6 Å². The molecule has 2 amide bonds. The normalized spacial score (nSPS) is 13.8. The zero-order chi connectivity index (χ0) is 22.0. The summed E-state index contributed by atoms with van der Waals surface area (Å²) in [6, 6.07) is 23.2. The van der Waals surface area contributed by atoms with Crippen LogP contribution in [0.2, 0.25) is 0 Å². The highest BCUT2D eigenvalue weighted by molar-refractivity contribution is 8.04. The number of rotatable bonds is 6. The number of anilines is 2. The molecular formula is C26H24N2O2S. The van der Waals surface area contributed by atoms with Gasteiger partial charge in [0.25, 0.3) is 11.8 Å². The first-order valence-electron chi connectivity index (χ1n) is 10.3. The molecule has 156 valence electrons. The molecule has 0 saturated carbocycles. The standard InChI is InChI=1S/C26H24N2O2S/c1-4-19-10-12-21(13-11-19)28-25(29)23(27-20-15-17(2)14-18(3)16-20)24(26(28)30)31-22-8-6-5-7-9-22/h5-16,27H,4H2,1-3H3. The van der Waals surface area contributed by atoms with Gasteiger partial charge in [-0.1, -0.05) is 55.1 Å². The van der Waals surface area contributed by atoms with Gasteiger partial charge in [0, 0.05) is 10.6 Å². The number of nitrogens with one attached hydrogen (secondary N) is 1. The summed E-state index contributed by atoms with van der Waals surface area (Å²) in [6.45, 7) is 6.09. The van der Waals surface area contributed by atoms with Crippen molar-refractivity contribution >= 4 is 35.0 Å². The molecule has 0 radical (unpaired) electrons. The Bertz CT molecular complexity index is 1150. The number of carbonyl (C=O) groups is 2. The number of hydrogen-bond acceptors (Lipinski definition) is 4. The molecule has 5 heteroatoms. The summed E-state index contributed by atoms with van der Waals surface area (Å²) in [5, 5.41) is 3.24. The maximum absolute atomic E-state index is 13.4. The molecule has 0 aromatic heterocycles. The fraction of sp³-hybridized carbons (Fsp3) is 0.154. The van der Waals surface area contributed by atoms with Gasteiger partial charge in [0.05, 0.1) is 5.69 Å². The molecule has 0 aliphatic carbocycles. The molecule has 0 spiro atoms. The molecule has 4 rings (SSSR count). The van der Waals surface area contributed by atoms with Crippen molar-refractivity contribution in [2.45, 2.75) is 32.1 Å². The summed E-state index contributed by atoms with van der Waals surface area (Å²) >= 11 is 1.31. The lowest BCUT2D eigenvalue weighted by Gasteiger charge is -2.16. The van der Waals surface area contributed by atoms with Gasteiger partial charge in [-0.25, -0.2) is 4.90 Å². The number of amides is 2. The van der Waals surface area contributed by atoms with E-state index in [1.807, 2.05) is 80.6 Å². The lowest BCUT2D eigenvalue weighted by molar-refractivity contribution is -0.120. The lowest BCUT2D eigenvalue weighted by atomic mass is 10.1. The van der Waals surface area contributed by atoms with Crippen LogP contribution < -0.4 is 10.2 Å². The van der Waals surface area contributed by atoms with Gasteiger partial charge in [-0.2, -0.15) is 0 Å². The van der Waals surface area contributed by atoms with E-state index in [1.54, 1.807) is 0 Å². The van der Waals surface area contributed by atoms with Crippen LogP contribution in [0.1, 0.15) is 23.6 Å². The first-order chi connectivity index (χ1) is 15.0. The Labute approximate surface area is 187 Å². The van der Waals surface area contributed by atoms with E-state index in [0.29, 0.717) is 16.3 Å². The molecule has 31 heavy (non-hydrogen) atoms. The van der Waals surface area contributed by atoms with E-state index in [1.165, 1.54) is 16.7 Å². The summed E-state index contributed by atoms with van der Waals surface area (Å²) in [5.74, 6) is -0.651. The van der Waals surface area contributed by atoms with E-state index in [2.05, 4.69) is 18.3 Å². The Kier molecular flexibility index (Phi) is 5.96. The van der Waals surface area contributed by atoms with Crippen molar-refractivity contribution in [3.05, 3.63) is 100 Å². The third kappa shape index (κ3) is 4.42. The number of thioether (sulfide) groups is 1. The van der Waals surface area contributed by atoms with E-state index < -0.39 is 0 Å². The van der Waals surface area contributed by atoms with Gasteiger partial charge in [-0.3, -0.25) is 9.59 Å². The second kappa shape index (κ2) is 8.82. The van der Waals surface area contributed by atoms with Gasteiger partial charge >= 0.3 is 0 Å². The number of benzene rings is 3. The number of hydrogen-bond donors (Lipinski definition) is 1. The average molecular weight is 429 g/mol. The van der Waals surface area contributed by atoms with Crippen LogP contribution in [0.25, 0.3) is 0 Å². The Morgan fingerprint density at radius 1 is 0.839 bits per heavy atom. The minimum atomic E-state index is -0.341. The largest absolute Gasteiger partial charge is 0.350 e. The molecule has 0 saturated heterocycles. The van der Waals surface area contributed by atoms with Crippen molar-refractivity contribution in [2.24, 2.45) is 0 Å². The van der Waals surface area contributed by atoms with E-state index in [9.17, 15) is 9.59 Å². The fourth-order valence-electron chi connectivity index (χ4n) is 3.63. The Morgan fingerprint density at radius 3 is 2.10 bits per heavy atom. The Hall–Kier alpha value is -3.31. The Balaban J connectivity index is 1.74. The summed E-state index contributed by atoms with van der Waals surface area (Å²) in [7, 11) is 0. The summed E-state index contributed by atoms with van der Waals surface area (Å²) in [4.78, 5) is 29.4. The van der Waals surface area contributed by atoms with Gasteiger partial charge in [0.15, 0.2) is 0 Å². The van der Waals surface area contributed by atoms with Crippen molar-refractivity contribution in [2.75, 3.05) is 10.2 Å². The predicted molar refractivity (Wildman–Crippen MR) is 127 cm³/mol. The number of nitrogens with zero attached hydrogens (tertiary/aromatic N) is 1. The maximum Gasteiger partial charge on any atom is 0.283 e. The highest BCUT2D eigenvalue weighted by atomic mass is 32.2. The summed E-state index contributed by atoms with van der Waals surface area (Å²) in [5.41, 5.74) is 5.01. The quantitative estimate of drug-likeness (QED) is 0.500. The molecule has 4 nitrogen and oxygen atoms in total. The van der Waals surface area contributed by atoms with E-state index in [0.717, 1.165) is 33.7 Å². The van der Waals surface area contributed by atoms with Crippen molar-refractivity contribution in [3.8, 4) is 0 Å². The highest BCUT2D eigenvalue weighted by Crippen LogP contribution is 2.38. The van der Waals surface area contributed by atoms with Crippen LogP contribution in [0.3, 0.4) is 0 Å². The van der Waals surface area contributed by atoms with Crippen LogP contribution in [-0.2, 0) is 16.0 Å². The molecule has 1 aliphatic rings. The zero-order valence-electron chi connectivity index (χ0n) is 17.8. The molecule has 0 fully saturated rings. The number of carbonyl (C=O) groups excluding carboxylic acids is 2. The molecule has 0 unspecified atom stereocenters. The van der Waals surface area contributed by atoms with Crippen LogP contribution >= 0.6 is 11.8 Å². The molecular weight excluding hydrogens is 404 g/mol.